The van der Waals surface area contributed by atoms with Gasteiger partial charge in [-0.2, -0.15) is 0 Å². The van der Waals surface area contributed by atoms with E-state index in [1.54, 1.807) is 13.2 Å². The summed E-state index contributed by atoms with van der Waals surface area (Å²) in [6.45, 7) is 2.54. The van der Waals surface area contributed by atoms with Crippen molar-refractivity contribution in [1.29, 1.82) is 0 Å². The maximum atomic E-state index is 13.8. The summed E-state index contributed by atoms with van der Waals surface area (Å²) < 4.78 is 30.2. The number of halogens is 1. The predicted octanol–water partition coefficient (Wildman–Crippen LogP) is 4.14. The molecule has 2 heterocycles. The summed E-state index contributed by atoms with van der Waals surface area (Å²) in [5.41, 5.74) is 2.19. The molecule has 31 heavy (non-hydrogen) atoms. The fraction of sp³-hybridized carbons (Fsp3) is 0.480. The lowest BCUT2D eigenvalue weighted by atomic mass is 9.74. The molecule has 0 spiro atoms. The fourth-order valence-electron chi connectivity index (χ4n) is 4.54. The first-order chi connectivity index (χ1) is 15.1. The van der Waals surface area contributed by atoms with Gasteiger partial charge >= 0.3 is 0 Å². The molecule has 0 aromatic heterocycles. The van der Waals surface area contributed by atoms with Crippen LogP contribution in [0.2, 0.25) is 0 Å². The van der Waals surface area contributed by atoms with Gasteiger partial charge in [-0.3, -0.25) is 4.79 Å². The minimum atomic E-state index is -0.478. The standard InChI is InChI=1S/C25H30FNO4/c1-29-23-9-8-20(26)15-22(23)19-6-4-18(5-7-19)16-25(10-13-30-14-11-25)24(28)27-21-3-2-12-31-17-21/h4-9,15,21H,2-3,10-14,16-17H2,1H3,(H,27,28)/t21-/m1/s1. The monoisotopic (exact) mass is 427 g/mol. The summed E-state index contributed by atoms with van der Waals surface area (Å²) in [6, 6.07) is 12.6. The van der Waals surface area contributed by atoms with Crippen molar-refractivity contribution in [3.8, 4) is 16.9 Å². The molecule has 166 valence electrons. The zero-order valence-electron chi connectivity index (χ0n) is 18.0. The van der Waals surface area contributed by atoms with Crippen LogP contribution in [0.1, 0.15) is 31.2 Å². The summed E-state index contributed by atoms with van der Waals surface area (Å²) >= 11 is 0. The Bertz CT molecular complexity index is 887. The Balaban J connectivity index is 1.52. The fourth-order valence-corrected chi connectivity index (χ4v) is 4.54. The number of ether oxygens (including phenoxy) is 3. The van der Waals surface area contributed by atoms with E-state index in [2.05, 4.69) is 5.32 Å². The summed E-state index contributed by atoms with van der Waals surface area (Å²) in [5.74, 6) is 0.427. The molecule has 2 aliphatic rings. The Morgan fingerprint density at radius 1 is 1.13 bits per heavy atom. The molecule has 2 fully saturated rings. The van der Waals surface area contributed by atoms with Crippen LogP contribution < -0.4 is 10.1 Å². The van der Waals surface area contributed by atoms with Gasteiger partial charge in [0.2, 0.25) is 5.91 Å². The molecule has 2 saturated heterocycles. The van der Waals surface area contributed by atoms with Crippen molar-refractivity contribution in [1.82, 2.24) is 5.32 Å². The van der Waals surface area contributed by atoms with Crippen molar-refractivity contribution in [2.75, 3.05) is 33.5 Å². The minimum Gasteiger partial charge on any atom is -0.496 e. The maximum Gasteiger partial charge on any atom is 0.227 e. The summed E-state index contributed by atoms with van der Waals surface area (Å²) in [4.78, 5) is 13.3. The van der Waals surface area contributed by atoms with Gasteiger partial charge in [0, 0.05) is 25.4 Å². The van der Waals surface area contributed by atoms with Crippen LogP contribution in [-0.4, -0.2) is 45.5 Å². The molecule has 0 bridgehead atoms. The molecule has 6 heteroatoms. The first kappa shape index (κ1) is 21.8. The quantitative estimate of drug-likeness (QED) is 0.753. The van der Waals surface area contributed by atoms with Crippen LogP contribution in [0.25, 0.3) is 11.1 Å². The average Bonchev–Trinajstić information content (AvgIpc) is 2.81. The average molecular weight is 428 g/mol. The van der Waals surface area contributed by atoms with E-state index in [9.17, 15) is 9.18 Å². The number of nitrogens with one attached hydrogen (secondary N) is 1. The Labute approximate surface area is 182 Å². The van der Waals surface area contributed by atoms with Crippen molar-refractivity contribution in [3.05, 3.63) is 53.8 Å². The molecule has 2 aliphatic heterocycles. The second-order valence-corrected chi connectivity index (χ2v) is 8.50. The first-order valence-electron chi connectivity index (χ1n) is 11.0. The molecule has 1 amide bonds. The molecule has 5 nitrogen and oxygen atoms in total. The normalized spacial score (nSPS) is 20.8. The SMILES string of the molecule is COc1ccc(F)cc1-c1ccc(CC2(C(=O)N[C@@H]3CCCOC3)CCOCC2)cc1. The smallest absolute Gasteiger partial charge is 0.227 e. The van der Waals surface area contributed by atoms with Gasteiger partial charge in [-0.15, -0.1) is 0 Å². The second-order valence-electron chi connectivity index (χ2n) is 8.50. The Morgan fingerprint density at radius 2 is 1.90 bits per heavy atom. The third kappa shape index (κ3) is 5.08. The predicted molar refractivity (Wildman–Crippen MR) is 117 cm³/mol. The van der Waals surface area contributed by atoms with Gasteiger partial charge < -0.3 is 19.5 Å². The van der Waals surface area contributed by atoms with E-state index in [0.717, 1.165) is 30.6 Å². The largest absolute Gasteiger partial charge is 0.496 e. The molecule has 4 rings (SSSR count). The van der Waals surface area contributed by atoms with E-state index in [1.165, 1.54) is 12.1 Å². The first-order valence-corrected chi connectivity index (χ1v) is 11.0. The Morgan fingerprint density at radius 3 is 2.58 bits per heavy atom. The van der Waals surface area contributed by atoms with Gasteiger partial charge in [-0.1, -0.05) is 24.3 Å². The van der Waals surface area contributed by atoms with Gasteiger partial charge in [0.1, 0.15) is 11.6 Å². The third-order valence-electron chi connectivity index (χ3n) is 6.40. The van der Waals surface area contributed by atoms with Crippen LogP contribution in [0.3, 0.4) is 0 Å². The van der Waals surface area contributed by atoms with Gasteiger partial charge in [0.05, 0.1) is 25.2 Å². The van der Waals surface area contributed by atoms with Crippen LogP contribution >= 0.6 is 0 Å². The summed E-state index contributed by atoms with van der Waals surface area (Å²) in [7, 11) is 1.58. The molecular weight excluding hydrogens is 397 g/mol. The second kappa shape index (κ2) is 9.79. The van der Waals surface area contributed by atoms with Crippen LogP contribution in [0.5, 0.6) is 5.75 Å². The molecular formula is C25H30FNO4. The zero-order chi connectivity index (χ0) is 21.7. The van der Waals surface area contributed by atoms with Crippen molar-refractivity contribution in [2.24, 2.45) is 5.41 Å². The molecule has 0 aliphatic carbocycles. The maximum absolute atomic E-state index is 13.8. The van der Waals surface area contributed by atoms with Crippen LogP contribution in [0, 0.1) is 11.2 Å². The molecule has 0 radical (unpaired) electrons. The van der Waals surface area contributed by atoms with Crippen LogP contribution in [0.15, 0.2) is 42.5 Å². The number of rotatable bonds is 6. The number of carbonyl (C=O) groups is 1. The van der Waals surface area contributed by atoms with Gasteiger partial charge in [-0.05, 0) is 61.4 Å². The molecule has 2 aromatic rings. The molecule has 1 atom stereocenters. The van der Waals surface area contributed by atoms with E-state index in [1.807, 2.05) is 24.3 Å². The molecule has 0 unspecified atom stereocenters. The lowest BCUT2D eigenvalue weighted by molar-refractivity contribution is -0.138. The van der Waals surface area contributed by atoms with Crippen molar-refractivity contribution in [3.63, 3.8) is 0 Å². The highest BCUT2D eigenvalue weighted by Crippen LogP contribution is 2.36. The molecule has 2 aromatic carbocycles. The van der Waals surface area contributed by atoms with E-state index in [-0.39, 0.29) is 17.8 Å². The highest BCUT2D eigenvalue weighted by Gasteiger charge is 2.41. The van der Waals surface area contributed by atoms with E-state index < -0.39 is 5.41 Å². The highest BCUT2D eigenvalue weighted by molar-refractivity contribution is 5.83. The zero-order valence-corrected chi connectivity index (χ0v) is 18.0. The Hall–Kier alpha value is -2.44. The number of hydrogen-bond acceptors (Lipinski definition) is 4. The molecule has 0 saturated carbocycles. The number of methoxy groups -OCH3 is 1. The number of amides is 1. The lowest BCUT2D eigenvalue weighted by Crippen LogP contribution is -2.51. The number of benzene rings is 2. The highest BCUT2D eigenvalue weighted by atomic mass is 19.1. The van der Waals surface area contributed by atoms with Crippen molar-refractivity contribution < 1.29 is 23.4 Å². The minimum absolute atomic E-state index is 0.0868. The van der Waals surface area contributed by atoms with Crippen LogP contribution in [-0.2, 0) is 20.7 Å². The van der Waals surface area contributed by atoms with E-state index in [4.69, 9.17) is 14.2 Å². The Kier molecular flexibility index (Phi) is 6.88. The number of hydrogen-bond donors (Lipinski definition) is 1. The third-order valence-corrected chi connectivity index (χ3v) is 6.40. The lowest BCUT2D eigenvalue weighted by Gasteiger charge is -2.37. The van der Waals surface area contributed by atoms with Gasteiger partial charge in [-0.25, -0.2) is 4.39 Å². The number of carbonyl (C=O) groups excluding carboxylic acids is 1. The van der Waals surface area contributed by atoms with Crippen LogP contribution in [0.4, 0.5) is 4.39 Å². The van der Waals surface area contributed by atoms with Crippen molar-refractivity contribution in [2.45, 2.75) is 38.1 Å². The molecule has 1 N–H and O–H groups in total. The van der Waals surface area contributed by atoms with E-state index >= 15 is 0 Å². The van der Waals surface area contributed by atoms with Crippen molar-refractivity contribution >= 4 is 5.91 Å². The summed E-state index contributed by atoms with van der Waals surface area (Å²) in [5, 5.41) is 3.23. The summed E-state index contributed by atoms with van der Waals surface area (Å²) in [6.07, 6.45) is 3.99. The topological polar surface area (TPSA) is 56.8 Å². The van der Waals surface area contributed by atoms with Gasteiger partial charge in [0.25, 0.3) is 0 Å². The van der Waals surface area contributed by atoms with Gasteiger partial charge in [0.15, 0.2) is 0 Å². The van der Waals surface area contributed by atoms with E-state index in [0.29, 0.717) is 50.4 Å².